The van der Waals surface area contributed by atoms with Gasteiger partial charge in [0.05, 0.1) is 22.9 Å². The first-order chi connectivity index (χ1) is 15.8. The van der Waals surface area contributed by atoms with Crippen molar-refractivity contribution in [1.82, 2.24) is 4.98 Å². The van der Waals surface area contributed by atoms with Crippen LogP contribution in [0.25, 0.3) is 21.3 Å². The highest BCUT2D eigenvalue weighted by atomic mass is 32.1. The molecule has 0 unspecified atom stereocenters. The number of benzene rings is 3. The van der Waals surface area contributed by atoms with Crippen LogP contribution in [0.3, 0.4) is 0 Å². The minimum Gasteiger partial charge on any atom is -0.483 e. The molecule has 1 amide bonds. The number of ether oxygens (including phenoxy) is 2. The number of rotatable bonds is 7. The summed E-state index contributed by atoms with van der Waals surface area (Å²) in [5.41, 5.74) is 2.91. The summed E-state index contributed by atoms with van der Waals surface area (Å²) < 4.78 is 12.9. The Morgan fingerprint density at radius 1 is 1.03 bits per heavy atom. The van der Waals surface area contributed by atoms with Crippen molar-refractivity contribution >= 4 is 32.6 Å². The Labute approximate surface area is 191 Å². The van der Waals surface area contributed by atoms with Crippen LogP contribution in [0, 0.1) is 0 Å². The van der Waals surface area contributed by atoms with Gasteiger partial charge in [-0.25, -0.2) is 4.98 Å². The molecule has 0 saturated carbocycles. The van der Waals surface area contributed by atoms with Crippen LogP contribution in [0.4, 0.5) is 5.13 Å². The van der Waals surface area contributed by atoms with Crippen molar-refractivity contribution in [1.29, 1.82) is 0 Å². The smallest absolute Gasteiger partial charge is 0.266 e. The van der Waals surface area contributed by atoms with Crippen LogP contribution in [0.15, 0.2) is 78.9 Å². The van der Waals surface area contributed by atoms with E-state index in [2.05, 4.69) is 0 Å². The van der Waals surface area contributed by atoms with Gasteiger partial charge in [-0.1, -0.05) is 72.0 Å². The average Bonchev–Trinajstić information content (AvgIpc) is 3.51. The van der Waals surface area contributed by atoms with Crippen LogP contribution >= 0.6 is 11.3 Å². The van der Waals surface area contributed by atoms with Crippen molar-refractivity contribution < 1.29 is 14.3 Å². The van der Waals surface area contributed by atoms with Crippen LogP contribution < -0.4 is 9.64 Å². The Bertz CT molecular complexity index is 1170. The van der Waals surface area contributed by atoms with E-state index >= 15 is 0 Å². The van der Waals surface area contributed by atoms with Gasteiger partial charge in [-0.15, -0.1) is 0 Å². The quantitative estimate of drug-likeness (QED) is 0.375. The third kappa shape index (κ3) is 4.52. The molecule has 1 saturated heterocycles. The Morgan fingerprint density at radius 3 is 2.62 bits per heavy atom. The first kappa shape index (κ1) is 20.7. The molecule has 1 aromatic heterocycles. The molecule has 1 aliphatic heterocycles. The zero-order valence-corrected chi connectivity index (χ0v) is 18.5. The van der Waals surface area contributed by atoms with Gasteiger partial charge in [-0.2, -0.15) is 0 Å². The molecule has 6 heteroatoms. The van der Waals surface area contributed by atoms with E-state index < -0.39 is 0 Å². The van der Waals surface area contributed by atoms with Gasteiger partial charge in [-0.05, 0) is 36.6 Å². The van der Waals surface area contributed by atoms with E-state index in [4.69, 9.17) is 14.5 Å². The summed E-state index contributed by atoms with van der Waals surface area (Å²) in [6, 6.07) is 25.8. The summed E-state index contributed by atoms with van der Waals surface area (Å²) >= 11 is 1.52. The van der Waals surface area contributed by atoms with E-state index in [1.807, 2.05) is 78.9 Å². The maximum Gasteiger partial charge on any atom is 0.266 e. The average molecular weight is 445 g/mol. The predicted octanol–water partition coefficient (Wildman–Crippen LogP) is 5.55. The Balaban J connectivity index is 1.37. The van der Waals surface area contributed by atoms with E-state index in [1.165, 1.54) is 11.3 Å². The van der Waals surface area contributed by atoms with Gasteiger partial charge in [-0.3, -0.25) is 9.69 Å². The van der Waals surface area contributed by atoms with Gasteiger partial charge >= 0.3 is 0 Å². The maximum atomic E-state index is 13.3. The summed E-state index contributed by atoms with van der Waals surface area (Å²) in [6.45, 7) is 1.17. The molecule has 32 heavy (non-hydrogen) atoms. The van der Waals surface area contributed by atoms with Crippen LogP contribution in [-0.4, -0.2) is 36.8 Å². The van der Waals surface area contributed by atoms with Gasteiger partial charge in [0.25, 0.3) is 5.91 Å². The lowest BCUT2D eigenvalue weighted by Gasteiger charge is -2.23. The molecule has 0 N–H and O–H groups in total. The zero-order valence-electron chi connectivity index (χ0n) is 17.6. The van der Waals surface area contributed by atoms with E-state index in [9.17, 15) is 4.79 Å². The van der Waals surface area contributed by atoms with Gasteiger partial charge in [0.2, 0.25) is 0 Å². The van der Waals surface area contributed by atoms with Crippen LogP contribution in [0.2, 0.25) is 0 Å². The minimum atomic E-state index is -0.123. The molecule has 0 bridgehead atoms. The van der Waals surface area contributed by atoms with Crippen molar-refractivity contribution in [2.24, 2.45) is 0 Å². The lowest BCUT2D eigenvalue weighted by atomic mass is 10.1. The number of carbonyl (C=O) groups excluding carboxylic acids is 1. The molecule has 162 valence electrons. The normalized spacial score (nSPS) is 15.7. The molecule has 5 rings (SSSR count). The number of anilines is 1. The highest BCUT2D eigenvalue weighted by molar-refractivity contribution is 7.22. The molecular formula is C26H24N2O3S. The zero-order chi connectivity index (χ0) is 21.8. The lowest BCUT2D eigenvalue weighted by molar-refractivity contribution is -0.120. The van der Waals surface area contributed by atoms with Crippen molar-refractivity contribution in [2.45, 2.75) is 18.9 Å². The van der Waals surface area contributed by atoms with Crippen molar-refractivity contribution in [3.63, 3.8) is 0 Å². The van der Waals surface area contributed by atoms with Crippen LogP contribution in [0.5, 0.6) is 5.75 Å². The molecule has 5 nitrogen and oxygen atoms in total. The highest BCUT2D eigenvalue weighted by Gasteiger charge is 2.26. The van der Waals surface area contributed by atoms with Gasteiger partial charge in [0.1, 0.15) is 5.75 Å². The highest BCUT2D eigenvalue weighted by Crippen LogP contribution is 2.31. The van der Waals surface area contributed by atoms with E-state index in [-0.39, 0.29) is 18.6 Å². The number of fused-ring (bicyclic) bond motifs is 1. The van der Waals surface area contributed by atoms with Crippen molar-refractivity contribution in [2.75, 3.05) is 24.7 Å². The fourth-order valence-corrected chi connectivity index (χ4v) is 4.91. The summed E-state index contributed by atoms with van der Waals surface area (Å²) in [5, 5.41) is 0.687. The third-order valence-corrected chi connectivity index (χ3v) is 6.61. The number of aromatic nitrogens is 1. The fraction of sp³-hybridized carbons (Fsp3) is 0.231. The maximum absolute atomic E-state index is 13.3. The van der Waals surface area contributed by atoms with E-state index in [1.54, 1.807) is 4.90 Å². The number of hydrogen-bond acceptors (Lipinski definition) is 5. The van der Waals surface area contributed by atoms with Crippen LogP contribution in [0.1, 0.15) is 12.8 Å². The Kier molecular flexibility index (Phi) is 6.14. The molecule has 4 aromatic rings. The molecule has 2 heterocycles. The van der Waals surface area contributed by atoms with Crippen molar-refractivity contribution in [3.05, 3.63) is 78.9 Å². The number of para-hydroxylation sites is 2. The first-order valence-electron chi connectivity index (χ1n) is 10.8. The first-order valence-corrected chi connectivity index (χ1v) is 11.6. The molecular weight excluding hydrogens is 420 g/mol. The van der Waals surface area contributed by atoms with Gasteiger partial charge in [0, 0.05) is 12.2 Å². The molecule has 0 spiro atoms. The predicted molar refractivity (Wildman–Crippen MR) is 128 cm³/mol. The lowest BCUT2D eigenvalue weighted by Crippen LogP contribution is -2.40. The number of hydrogen-bond donors (Lipinski definition) is 0. The monoisotopic (exact) mass is 444 g/mol. The number of thiazole rings is 1. The summed E-state index contributed by atoms with van der Waals surface area (Å²) in [4.78, 5) is 19.8. The van der Waals surface area contributed by atoms with Crippen molar-refractivity contribution in [3.8, 4) is 16.9 Å². The summed E-state index contributed by atoms with van der Waals surface area (Å²) in [6.07, 6.45) is 2.00. The van der Waals surface area contributed by atoms with E-state index in [0.717, 1.165) is 40.8 Å². The standard InChI is InChI=1S/C26H24N2O3S/c29-25(18-31-23-14-6-4-12-21(23)19-9-2-1-3-10-19)28(17-20-11-8-16-30-20)26-27-22-13-5-7-15-24(22)32-26/h1-7,9-10,12-15,20H,8,11,16-18H2/t20-/m1/s1. The second-order valence-corrected chi connectivity index (χ2v) is 8.76. The molecule has 0 aliphatic carbocycles. The largest absolute Gasteiger partial charge is 0.483 e. The number of nitrogens with zero attached hydrogens (tertiary/aromatic N) is 2. The van der Waals surface area contributed by atoms with Gasteiger partial charge < -0.3 is 9.47 Å². The second kappa shape index (κ2) is 9.51. The molecule has 3 aromatic carbocycles. The minimum absolute atomic E-state index is 0.0302. The van der Waals surface area contributed by atoms with E-state index in [0.29, 0.717) is 17.4 Å². The molecule has 1 fully saturated rings. The molecule has 1 aliphatic rings. The second-order valence-electron chi connectivity index (χ2n) is 7.75. The Hall–Kier alpha value is -3.22. The summed E-state index contributed by atoms with van der Waals surface area (Å²) in [5.74, 6) is 0.566. The number of amides is 1. The van der Waals surface area contributed by atoms with Crippen LogP contribution in [-0.2, 0) is 9.53 Å². The topological polar surface area (TPSA) is 51.7 Å². The molecule has 0 radical (unpaired) electrons. The SMILES string of the molecule is O=C(COc1ccccc1-c1ccccc1)N(C[C@H]1CCCO1)c1nc2ccccc2s1. The summed E-state index contributed by atoms with van der Waals surface area (Å²) in [7, 11) is 0. The number of carbonyl (C=O) groups is 1. The molecule has 1 atom stereocenters. The Morgan fingerprint density at radius 2 is 1.81 bits per heavy atom. The fourth-order valence-electron chi connectivity index (χ4n) is 3.92. The van der Waals surface area contributed by atoms with Gasteiger partial charge in [0.15, 0.2) is 11.7 Å². The third-order valence-electron chi connectivity index (χ3n) is 5.55.